The van der Waals surface area contributed by atoms with Gasteiger partial charge in [0.2, 0.25) is 0 Å². The van der Waals surface area contributed by atoms with Gasteiger partial charge in [0.25, 0.3) is 0 Å². The number of imidazole rings is 2. The summed E-state index contributed by atoms with van der Waals surface area (Å²) in [5, 5.41) is 18.6. The van der Waals surface area contributed by atoms with Crippen LogP contribution in [0.2, 0.25) is 0 Å². The first-order valence-corrected chi connectivity index (χ1v) is 14.1. The number of hydrogen-bond donors (Lipinski definition) is 0. The van der Waals surface area contributed by atoms with E-state index in [-0.39, 0.29) is 0 Å². The number of aryl methyl sites for hydroxylation is 3. The smallest absolute Gasteiger partial charge is 0.151 e. The van der Waals surface area contributed by atoms with Gasteiger partial charge in [-0.1, -0.05) is 12.1 Å². The lowest BCUT2D eigenvalue weighted by molar-refractivity contribution is 0.469. The third-order valence-electron chi connectivity index (χ3n) is 6.85. The van der Waals surface area contributed by atoms with Crippen molar-refractivity contribution in [1.82, 2.24) is 29.1 Å². The lowest BCUT2D eigenvalue weighted by Gasteiger charge is -2.13. The number of hydrogen-bond acceptors (Lipinski definition) is 8. The topological polar surface area (TPSA) is 127 Å². The summed E-state index contributed by atoms with van der Waals surface area (Å²) in [7, 11) is 0. The first kappa shape index (κ1) is 30.2. The van der Waals surface area contributed by atoms with Crippen molar-refractivity contribution in [3.63, 3.8) is 0 Å². The Morgan fingerprint density at radius 3 is 1.73 bits per heavy atom. The average Bonchev–Trinajstić information content (AvgIpc) is 3.76. The molecule has 0 bridgehead atoms. The summed E-state index contributed by atoms with van der Waals surface area (Å²) in [6, 6.07) is 21.0. The number of pyridine rings is 2. The van der Waals surface area contributed by atoms with Gasteiger partial charge >= 0.3 is 0 Å². The summed E-state index contributed by atoms with van der Waals surface area (Å²) in [4.78, 5) is 16.5. The molecule has 222 valence electrons. The Hall–Kier alpha value is -6.26. The number of nitriles is 2. The second-order valence-electron chi connectivity index (χ2n) is 10.2. The Morgan fingerprint density at radius 1 is 0.644 bits per heavy atom. The molecule has 10 nitrogen and oxygen atoms in total. The lowest BCUT2D eigenvalue weighted by atomic mass is 10.1. The Balaban J connectivity index is 0.000000178. The molecule has 6 rings (SSSR count). The molecule has 0 aliphatic carbocycles. The zero-order valence-corrected chi connectivity index (χ0v) is 25.1. The Morgan fingerprint density at radius 2 is 1.22 bits per heavy atom. The molecule has 0 spiro atoms. The van der Waals surface area contributed by atoms with Crippen molar-refractivity contribution >= 4 is 0 Å². The molecule has 0 saturated heterocycles. The zero-order chi connectivity index (χ0) is 31.6. The molecule has 0 amide bonds. The SMILES string of the molecule is Cc1ccnc(C)c1Oc1cc(Cn2ccnc2)ccc1C#N.Cc1ncccc1Oc1cc(Cn2ccnc2)ccc1C#N. The molecule has 0 N–H and O–H groups in total. The van der Waals surface area contributed by atoms with Crippen LogP contribution in [-0.4, -0.2) is 29.1 Å². The molecule has 0 radical (unpaired) electrons. The van der Waals surface area contributed by atoms with Crippen LogP contribution in [0.1, 0.15) is 39.2 Å². The van der Waals surface area contributed by atoms with Crippen molar-refractivity contribution in [1.29, 1.82) is 10.5 Å². The molecule has 4 aromatic heterocycles. The largest absolute Gasteiger partial charge is 0.454 e. The second-order valence-corrected chi connectivity index (χ2v) is 10.2. The molecule has 6 aromatic rings. The van der Waals surface area contributed by atoms with Crippen molar-refractivity contribution in [3.8, 4) is 35.1 Å². The molecule has 2 aromatic carbocycles. The molecule has 0 unspecified atom stereocenters. The summed E-state index contributed by atoms with van der Waals surface area (Å²) in [5.74, 6) is 2.43. The molecule has 10 heteroatoms. The van der Waals surface area contributed by atoms with Crippen LogP contribution in [0.5, 0.6) is 23.0 Å². The molecule has 0 aliphatic heterocycles. The standard InChI is InChI=1S/C18H16N4O.C17H14N4O/c1-13-5-6-21-14(2)18(13)23-17-9-15(3-4-16(17)10-19)11-22-8-7-20-12-22;1-13-16(3-2-6-20-13)22-17-9-14(4-5-15(17)10-18)11-21-8-7-19-12-21/h3-9,12H,11H2,1-2H3;2-9,12H,11H2,1H3. The summed E-state index contributed by atoms with van der Waals surface area (Å²) in [5.41, 5.74) is 5.64. The van der Waals surface area contributed by atoms with Gasteiger partial charge in [0, 0.05) is 50.3 Å². The van der Waals surface area contributed by atoms with E-state index >= 15 is 0 Å². The highest BCUT2D eigenvalue weighted by Gasteiger charge is 2.12. The van der Waals surface area contributed by atoms with Crippen LogP contribution in [0.3, 0.4) is 0 Å². The van der Waals surface area contributed by atoms with Gasteiger partial charge < -0.3 is 18.6 Å². The fraction of sp³-hybridized carbons (Fsp3) is 0.143. The fourth-order valence-electron chi connectivity index (χ4n) is 4.51. The van der Waals surface area contributed by atoms with E-state index in [1.165, 1.54) is 0 Å². The van der Waals surface area contributed by atoms with E-state index in [9.17, 15) is 10.5 Å². The molecule has 0 atom stereocenters. The van der Waals surface area contributed by atoms with Crippen LogP contribution in [0.15, 0.2) is 104 Å². The highest BCUT2D eigenvalue weighted by molar-refractivity contribution is 5.50. The summed E-state index contributed by atoms with van der Waals surface area (Å²) in [6.07, 6.45) is 14.2. The fourth-order valence-corrected chi connectivity index (χ4v) is 4.51. The number of nitrogens with zero attached hydrogens (tertiary/aromatic N) is 8. The van der Waals surface area contributed by atoms with E-state index in [1.54, 1.807) is 49.6 Å². The minimum absolute atomic E-state index is 0.498. The maximum Gasteiger partial charge on any atom is 0.151 e. The average molecular weight is 595 g/mol. The zero-order valence-electron chi connectivity index (χ0n) is 25.1. The minimum Gasteiger partial charge on any atom is -0.454 e. The molecular formula is C35H30N8O2. The molecular weight excluding hydrogens is 564 g/mol. The second kappa shape index (κ2) is 14.3. The maximum atomic E-state index is 9.32. The quantitative estimate of drug-likeness (QED) is 0.186. The summed E-state index contributed by atoms with van der Waals surface area (Å²) in [6.45, 7) is 7.08. The monoisotopic (exact) mass is 594 g/mol. The molecule has 0 saturated carbocycles. The van der Waals surface area contributed by atoms with Crippen LogP contribution in [0, 0.1) is 43.4 Å². The van der Waals surface area contributed by atoms with E-state index in [1.807, 2.05) is 84.8 Å². The highest BCUT2D eigenvalue weighted by atomic mass is 16.5. The number of aromatic nitrogens is 6. The van der Waals surface area contributed by atoms with Crippen molar-refractivity contribution in [2.45, 2.75) is 33.9 Å². The van der Waals surface area contributed by atoms with Crippen LogP contribution in [-0.2, 0) is 13.1 Å². The molecule has 0 aliphatic rings. The number of benzene rings is 2. The van der Waals surface area contributed by atoms with E-state index in [2.05, 4.69) is 32.1 Å². The molecule has 45 heavy (non-hydrogen) atoms. The highest BCUT2D eigenvalue weighted by Crippen LogP contribution is 2.31. The first-order chi connectivity index (χ1) is 21.9. The van der Waals surface area contributed by atoms with Gasteiger partial charge in [-0.05, 0) is 79.9 Å². The first-order valence-electron chi connectivity index (χ1n) is 14.1. The Labute approximate surface area is 261 Å². The van der Waals surface area contributed by atoms with E-state index in [0.29, 0.717) is 47.2 Å². The summed E-state index contributed by atoms with van der Waals surface area (Å²) >= 11 is 0. The third kappa shape index (κ3) is 7.78. The van der Waals surface area contributed by atoms with Crippen molar-refractivity contribution in [2.75, 3.05) is 0 Å². The third-order valence-corrected chi connectivity index (χ3v) is 6.85. The molecule has 0 fully saturated rings. The van der Waals surface area contributed by atoms with Gasteiger partial charge in [-0.15, -0.1) is 0 Å². The lowest BCUT2D eigenvalue weighted by Crippen LogP contribution is -1.99. The summed E-state index contributed by atoms with van der Waals surface area (Å²) < 4.78 is 15.8. The van der Waals surface area contributed by atoms with Crippen molar-refractivity contribution in [2.24, 2.45) is 0 Å². The van der Waals surface area contributed by atoms with Crippen molar-refractivity contribution in [3.05, 3.63) is 144 Å². The Bertz CT molecular complexity index is 1950. The van der Waals surface area contributed by atoms with Crippen LogP contribution < -0.4 is 9.47 Å². The van der Waals surface area contributed by atoms with Gasteiger partial charge in [-0.25, -0.2) is 9.97 Å². The number of rotatable bonds is 8. The van der Waals surface area contributed by atoms with Crippen LogP contribution >= 0.6 is 0 Å². The van der Waals surface area contributed by atoms with Gasteiger partial charge in [0.1, 0.15) is 29.4 Å². The predicted molar refractivity (Wildman–Crippen MR) is 168 cm³/mol. The van der Waals surface area contributed by atoms with Crippen LogP contribution in [0.4, 0.5) is 0 Å². The normalized spacial score (nSPS) is 10.2. The maximum absolute atomic E-state index is 9.32. The van der Waals surface area contributed by atoms with E-state index < -0.39 is 0 Å². The van der Waals surface area contributed by atoms with Crippen LogP contribution in [0.25, 0.3) is 0 Å². The van der Waals surface area contributed by atoms with E-state index in [0.717, 1.165) is 28.1 Å². The van der Waals surface area contributed by atoms with Gasteiger partial charge in [0.05, 0.1) is 35.2 Å². The van der Waals surface area contributed by atoms with Gasteiger partial charge in [0.15, 0.2) is 5.75 Å². The Kier molecular flexibility index (Phi) is 9.58. The van der Waals surface area contributed by atoms with Gasteiger partial charge in [-0.2, -0.15) is 10.5 Å². The number of ether oxygens (including phenoxy) is 2. The van der Waals surface area contributed by atoms with E-state index in [4.69, 9.17) is 9.47 Å². The molecule has 4 heterocycles. The van der Waals surface area contributed by atoms with Gasteiger partial charge in [-0.3, -0.25) is 9.97 Å². The minimum atomic E-state index is 0.498. The van der Waals surface area contributed by atoms with Crippen molar-refractivity contribution < 1.29 is 9.47 Å². The predicted octanol–water partition coefficient (Wildman–Crippen LogP) is 6.91.